The van der Waals surface area contributed by atoms with Crippen molar-refractivity contribution in [2.24, 2.45) is 5.41 Å². The van der Waals surface area contributed by atoms with Gasteiger partial charge in [0.05, 0.1) is 58.2 Å². The number of nitrogens with one attached hydrogen (secondary N) is 5. The van der Waals surface area contributed by atoms with Gasteiger partial charge in [0.2, 0.25) is 17.7 Å². The summed E-state index contributed by atoms with van der Waals surface area (Å²) in [6, 6.07) is 10.7. The van der Waals surface area contributed by atoms with E-state index in [-0.39, 0.29) is 56.0 Å². The maximum atomic E-state index is 14.7. The lowest BCUT2D eigenvalue weighted by atomic mass is 9.85. The van der Waals surface area contributed by atoms with Gasteiger partial charge < -0.3 is 31.3 Å². The van der Waals surface area contributed by atoms with Crippen LogP contribution in [0.5, 0.6) is 0 Å². The number of benzene rings is 3. The fourth-order valence-corrected chi connectivity index (χ4v) is 10.3. The lowest BCUT2D eigenvalue weighted by Crippen LogP contribution is -2.59. The van der Waals surface area contributed by atoms with Crippen LogP contribution in [0.15, 0.2) is 60.1 Å². The molecule has 0 radical (unpaired) electrons. The van der Waals surface area contributed by atoms with Gasteiger partial charge in [-0.15, -0.1) is 11.3 Å². The molecule has 3 aromatic carbocycles. The Balaban J connectivity index is 0.865. The zero-order valence-electron chi connectivity index (χ0n) is 43.1. The molecule has 2 heterocycles. The van der Waals surface area contributed by atoms with Crippen LogP contribution in [-0.2, 0) is 24.0 Å². The lowest BCUT2D eigenvalue weighted by Gasteiger charge is -2.36. The second kappa shape index (κ2) is 27.7. The topological polar surface area (TPSA) is 191 Å². The number of thiazole rings is 1. The van der Waals surface area contributed by atoms with Crippen molar-refractivity contribution in [3.8, 4) is 10.4 Å². The van der Waals surface area contributed by atoms with Gasteiger partial charge in [0.25, 0.3) is 11.8 Å². The fourth-order valence-electron chi connectivity index (χ4n) is 9.00. The average molecular weight is 1180 g/mol. The molecule has 2 fully saturated rings. The molecule has 14 nitrogen and oxygen atoms in total. The standard InChI is InChI=1S/C55H70F4IN7O7S/c1-34-48(75-33-62-34)36-19-17-35(18-20-36)43(64-51(71)44-30-38(68)32-67(44)52(72)49(54(2,3)4)65-53(73)55(59)25-26-55)31-45(69)61-27-15-13-11-9-7-5-6-8-10-12-14-16-28-74-66-50(70)39-22-23-40(56)46(58)47(39)63-42-24-21-37(60)29-41(42)57/h17-24,29,33,38,43-44,49,63,68H,5-16,25-28,30-32H2,1-4H3,(H,61,69)(H,64,71)(H,65,73)(H,66,70)/t38-,43+,44+,49-/m1/s1. The van der Waals surface area contributed by atoms with Gasteiger partial charge in [-0.25, -0.2) is 28.0 Å². The number of aryl methyl sites for hydroxylation is 1. The van der Waals surface area contributed by atoms with E-state index in [1.165, 1.54) is 28.4 Å². The molecule has 1 aliphatic carbocycles. The van der Waals surface area contributed by atoms with E-state index in [4.69, 9.17) is 4.84 Å². The first-order valence-corrected chi connectivity index (χ1v) is 27.9. The molecule has 75 heavy (non-hydrogen) atoms. The Morgan fingerprint density at radius 2 is 1.51 bits per heavy atom. The fraction of sp³-hybridized carbons (Fsp3) is 0.527. The van der Waals surface area contributed by atoms with Gasteiger partial charge in [0.15, 0.2) is 17.3 Å². The van der Waals surface area contributed by atoms with Crippen LogP contribution in [-0.4, -0.2) is 88.1 Å². The molecule has 0 bridgehead atoms. The Kier molecular flexibility index (Phi) is 21.8. The number of nitrogens with zero attached hydrogens (tertiary/aromatic N) is 2. The average Bonchev–Trinajstić information content (AvgIpc) is 3.77. The van der Waals surface area contributed by atoms with Gasteiger partial charge in [-0.05, 0) is 102 Å². The summed E-state index contributed by atoms with van der Waals surface area (Å²) in [6.07, 6.45) is 11.0. The number of amides is 5. The highest BCUT2D eigenvalue weighted by Gasteiger charge is 2.53. The zero-order valence-corrected chi connectivity index (χ0v) is 46.1. The number of aliphatic hydroxyl groups is 1. The number of hydrogen-bond acceptors (Lipinski definition) is 10. The van der Waals surface area contributed by atoms with Crippen molar-refractivity contribution in [1.29, 1.82) is 0 Å². The van der Waals surface area contributed by atoms with Crippen molar-refractivity contribution in [2.45, 2.75) is 160 Å². The molecule has 0 unspecified atom stereocenters. The number of carbonyl (C=O) groups excluding carboxylic acids is 5. The zero-order chi connectivity index (χ0) is 54.3. The van der Waals surface area contributed by atoms with Crippen LogP contribution in [0.2, 0.25) is 0 Å². The molecule has 4 atom stereocenters. The largest absolute Gasteiger partial charge is 0.391 e. The number of alkyl halides is 1. The van der Waals surface area contributed by atoms with E-state index in [1.54, 1.807) is 32.3 Å². The minimum atomic E-state index is -2.01. The van der Waals surface area contributed by atoms with Gasteiger partial charge >= 0.3 is 0 Å². The molecule has 0 spiro atoms. The molecule has 6 rings (SSSR count). The van der Waals surface area contributed by atoms with E-state index in [0.29, 0.717) is 22.1 Å². The number of carbonyl (C=O) groups is 5. The van der Waals surface area contributed by atoms with Crippen molar-refractivity contribution < 1.29 is 51.5 Å². The number of likely N-dealkylation sites (tertiary alicyclic amines) is 1. The third kappa shape index (κ3) is 17.2. The van der Waals surface area contributed by atoms with Gasteiger partial charge in [0, 0.05) is 23.1 Å². The third-order valence-electron chi connectivity index (χ3n) is 13.6. The summed E-state index contributed by atoms with van der Waals surface area (Å²) >= 11 is 3.44. The van der Waals surface area contributed by atoms with E-state index in [0.717, 1.165) is 98.9 Å². The first-order chi connectivity index (χ1) is 35.7. The van der Waals surface area contributed by atoms with Crippen molar-refractivity contribution in [2.75, 3.05) is 25.0 Å². The first kappa shape index (κ1) is 59.1. The van der Waals surface area contributed by atoms with Crippen molar-refractivity contribution in [1.82, 2.24) is 31.3 Å². The summed E-state index contributed by atoms with van der Waals surface area (Å²) in [5, 5.41) is 21.8. The molecule has 408 valence electrons. The summed E-state index contributed by atoms with van der Waals surface area (Å²) in [4.78, 5) is 79.1. The molecule has 20 heteroatoms. The molecular weight excluding hydrogens is 1110 g/mol. The Labute approximate surface area is 454 Å². The number of aromatic nitrogens is 1. The summed E-state index contributed by atoms with van der Waals surface area (Å²) in [5.74, 6) is -6.23. The second-order valence-electron chi connectivity index (χ2n) is 20.7. The number of hydroxylamine groups is 1. The molecule has 5 amide bonds. The quantitative estimate of drug-likeness (QED) is 0.0139. The molecule has 1 saturated heterocycles. The monoisotopic (exact) mass is 1180 g/mol. The molecule has 1 aliphatic heterocycles. The highest BCUT2D eigenvalue weighted by atomic mass is 127. The van der Waals surface area contributed by atoms with Crippen LogP contribution in [0.1, 0.15) is 151 Å². The predicted octanol–water partition coefficient (Wildman–Crippen LogP) is 10.6. The van der Waals surface area contributed by atoms with Crippen LogP contribution in [0, 0.1) is 33.4 Å². The Hall–Kier alpha value is -5.19. The molecule has 4 aromatic rings. The van der Waals surface area contributed by atoms with Crippen LogP contribution >= 0.6 is 33.9 Å². The molecule has 2 aliphatic rings. The summed E-state index contributed by atoms with van der Waals surface area (Å²) < 4.78 is 58.5. The molecular formula is C55H70F4IN7O7S. The highest BCUT2D eigenvalue weighted by molar-refractivity contribution is 14.1. The maximum Gasteiger partial charge on any atom is 0.277 e. The van der Waals surface area contributed by atoms with Gasteiger partial charge in [-0.2, -0.15) is 0 Å². The van der Waals surface area contributed by atoms with E-state index < -0.39 is 82.1 Å². The van der Waals surface area contributed by atoms with Crippen LogP contribution < -0.4 is 26.7 Å². The lowest BCUT2D eigenvalue weighted by molar-refractivity contribution is -0.145. The smallest absolute Gasteiger partial charge is 0.277 e. The summed E-state index contributed by atoms with van der Waals surface area (Å²) in [5.41, 5.74) is 2.88. The number of β-amino-alcohol motifs (C(OH)–C–C–N with tert-alkyl or cyclic N) is 1. The Morgan fingerprint density at radius 1 is 0.867 bits per heavy atom. The number of rotatable bonds is 28. The van der Waals surface area contributed by atoms with Crippen LogP contribution in [0.3, 0.4) is 0 Å². The van der Waals surface area contributed by atoms with Gasteiger partial charge in [0.1, 0.15) is 17.9 Å². The highest BCUT2D eigenvalue weighted by Crippen LogP contribution is 2.41. The summed E-state index contributed by atoms with van der Waals surface area (Å²) in [6.45, 7) is 7.72. The summed E-state index contributed by atoms with van der Waals surface area (Å²) in [7, 11) is 0. The van der Waals surface area contributed by atoms with Crippen LogP contribution in [0.4, 0.5) is 28.9 Å². The molecule has 1 saturated carbocycles. The predicted molar refractivity (Wildman–Crippen MR) is 289 cm³/mol. The number of hydrogen-bond donors (Lipinski definition) is 6. The van der Waals surface area contributed by atoms with Crippen molar-refractivity contribution in [3.63, 3.8) is 0 Å². The number of unbranched alkanes of at least 4 members (excludes halogenated alkanes) is 11. The maximum absolute atomic E-state index is 14.7. The van der Waals surface area contributed by atoms with E-state index in [2.05, 4.69) is 31.7 Å². The van der Waals surface area contributed by atoms with Crippen molar-refractivity contribution >= 4 is 74.8 Å². The van der Waals surface area contributed by atoms with E-state index in [9.17, 15) is 46.6 Å². The number of aliphatic hydroxyl groups excluding tert-OH is 1. The minimum Gasteiger partial charge on any atom is -0.391 e. The Morgan fingerprint density at radius 3 is 2.11 bits per heavy atom. The number of halogens is 5. The second-order valence-corrected chi connectivity index (χ2v) is 22.8. The first-order valence-electron chi connectivity index (χ1n) is 25.9. The minimum absolute atomic E-state index is 0.0439. The van der Waals surface area contributed by atoms with E-state index >= 15 is 0 Å². The van der Waals surface area contributed by atoms with Gasteiger partial charge in [-0.3, -0.25) is 28.8 Å². The van der Waals surface area contributed by atoms with Crippen molar-refractivity contribution in [3.05, 3.63) is 98.0 Å². The molecule has 6 N–H and O–H groups in total. The normalized spacial score (nSPS) is 16.7. The van der Waals surface area contributed by atoms with E-state index in [1.807, 2.05) is 53.8 Å². The van der Waals surface area contributed by atoms with Crippen LogP contribution in [0.25, 0.3) is 10.4 Å². The number of anilines is 2. The van der Waals surface area contributed by atoms with Gasteiger partial charge in [-0.1, -0.05) is 109 Å². The molecule has 1 aromatic heterocycles. The third-order valence-corrected chi connectivity index (χ3v) is 15.2. The Bertz CT molecular complexity index is 2600. The SMILES string of the molecule is Cc1ncsc1-c1ccc([C@H](CC(=O)NCCCCCCCCCCCCCCONC(=O)c2ccc(F)c(F)c2Nc2ccc(I)cc2F)NC(=O)[C@@H]2C[C@@H](O)CN2C(=O)[C@@H](NC(=O)C2(F)CC2)C(C)(C)C)cc1.